The van der Waals surface area contributed by atoms with Gasteiger partial charge in [0.1, 0.15) is 0 Å². The van der Waals surface area contributed by atoms with Crippen LogP contribution in [0, 0.1) is 13.8 Å². The van der Waals surface area contributed by atoms with Crippen LogP contribution in [0.25, 0.3) is 0 Å². The number of nitrogens with zero attached hydrogens (tertiary/aromatic N) is 4. The van der Waals surface area contributed by atoms with Crippen LogP contribution in [-0.2, 0) is 4.79 Å². The molecule has 98 valence electrons. The highest BCUT2D eigenvalue weighted by molar-refractivity contribution is 7.99. The second-order valence-corrected chi connectivity index (χ2v) is 5.45. The largest absolute Gasteiger partial charge is 0.481 e. The summed E-state index contributed by atoms with van der Waals surface area (Å²) in [4.78, 5) is 17.2. The number of thioether (sulfide) groups is 1. The number of carboxylic acids is 1. The third kappa shape index (κ3) is 2.90. The molecular weight excluding hydrogens is 252 g/mol. The van der Waals surface area contributed by atoms with Crippen molar-refractivity contribution >= 4 is 23.7 Å². The van der Waals surface area contributed by atoms with Gasteiger partial charge in [-0.1, -0.05) is 0 Å². The maximum absolute atomic E-state index is 10.9. The van der Waals surface area contributed by atoms with Gasteiger partial charge in [-0.05, 0) is 13.8 Å². The molecule has 1 N–H and O–H groups in total. The zero-order valence-corrected chi connectivity index (χ0v) is 11.3. The first-order chi connectivity index (χ1) is 8.58. The minimum absolute atomic E-state index is 0.0508. The minimum Gasteiger partial charge on any atom is -0.481 e. The molecule has 1 aromatic rings. The summed E-state index contributed by atoms with van der Waals surface area (Å²) in [5, 5.41) is 17.1. The van der Waals surface area contributed by atoms with Crippen LogP contribution in [0.5, 0.6) is 0 Å². The molecule has 1 aromatic heterocycles. The van der Waals surface area contributed by atoms with Crippen molar-refractivity contribution < 1.29 is 9.90 Å². The highest BCUT2D eigenvalue weighted by Gasteiger charge is 2.27. The summed E-state index contributed by atoms with van der Waals surface area (Å²) in [6, 6.07) is -0.0508. The fourth-order valence-electron chi connectivity index (χ4n) is 1.86. The SMILES string of the molecule is Cc1nnc(N2CCSCC2CC(=O)O)nc1C. The van der Waals surface area contributed by atoms with Gasteiger partial charge in [-0.15, -0.1) is 5.10 Å². The summed E-state index contributed by atoms with van der Waals surface area (Å²) in [6.45, 7) is 4.52. The highest BCUT2D eigenvalue weighted by atomic mass is 32.2. The normalized spacial score (nSPS) is 19.9. The van der Waals surface area contributed by atoms with Crippen LogP contribution in [0.3, 0.4) is 0 Å². The van der Waals surface area contributed by atoms with Crippen molar-refractivity contribution in [2.75, 3.05) is 23.0 Å². The van der Waals surface area contributed by atoms with Crippen molar-refractivity contribution in [2.45, 2.75) is 26.3 Å². The maximum atomic E-state index is 10.9. The molecule has 0 aromatic carbocycles. The summed E-state index contributed by atoms with van der Waals surface area (Å²) in [7, 11) is 0. The van der Waals surface area contributed by atoms with Crippen LogP contribution in [-0.4, -0.2) is 50.3 Å². The molecular formula is C11H16N4O2S. The monoisotopic (exact) mass is 268 g/mol. The lowest BCUT2D eigenvalue weighted by Crippen LogP contribution is -2.44. The van der Waals surface area contributed by atoms with Gasteiger partial charge in [-0.3, -0.25) is 4.79 Å². The quantitative estimate of drug-likeness (QED) is 0.871. The Morgan fingerprint density at radius 3 is 2.89 bits per heavy atom. The summed E-state index contributed by atoms with van der Waals surface area (Å²) in [5.74, 6) is 1.52. The Hall–Kier alpha value is -1.37. The molecule has 1 atom stereocenters. The Labute approximate surface area is 110 Å². The van der Waals surface area contributed by atoms with E-state index < -0.39 is 5.97 Å². The molecule has 0 radical (unpaired) electrons. The van der Waals surface area contributed by atoms with E-state index in [2.05, 4.69) is 15.2 Å². The Bertz CT molecular complexity index is 455. The molecule has 0 spiro atoms. The van der Waals surface area contributed by atoms with Crippen LogP contribution < -0.4 is 4.90 Å². The van der Waals surface area contributed by atoms with Gasteiger partial charge in [0.25, 0.3) is 0 Å². The minimum atomic E-state index is -0.788. The topological polar surface area (TPSA) is 79.2 Å². The fourth-order valence-corrected chi connectivity index (χ4v) is 2.92. The van der Waals surface area contributed by atoms with Crippen LogP contribution >= 0.6 is 11.8 Å². The lowest BCUT2D eigenvalue weighted by molar-refractivity contribution is -0.137. The van der Waals surface area contributed by atoms with Crippen LogP contribution in [0.4, 0.5) is 5.95 Å². The summed E-state index contributed by atoms with van der Waals surface area (Å²) >= 11 is 1.77. The van der Waals surface area contributed by atoms with Crippen molar-refractivity contribution in [3.05, 3.63) is 11.4 Å². The van der Waals surface area contributed by atoms with Crippen LogP contribution in [0.1, 0.15) is 17.8 Å². The maximum Gasteiger partial charge on any atom is 0.305 e. The van der Waals surface area contributed by atoms with Crippen molar-refractivity contribution in [1.82, 2.24) is 15.2 Å². The molecule has 7 heteroatoms. The molecule has 1 aliphatic heterocycles. The molecule has 1 saturated heterocycles. The van der Waals surface area contributed by atoms with Gasteiger partial charge < -0.3 is 10.0 Å². The number of aryl methyl sites for hydroxylation is 2. The number of hydrogen-bond acceptors (Lipinski definition) is 6. The number of hydrogen-bond donors (Lipinski definition) is 1. The predicted molar refractivity (Wildman–Crippen MR) is 70.0 cm³/mol. The first-order valence-electron chi connectivity index (χ1n) is 5.82. The second kappa shape index (κ2) is 5.51. The average Bonchev–Trinajstić information content (AvgIpc) is 2.33. The van der Waals surface area contributed by atoms with E-state index in [1.807, 2.05) is 18.7 Å². The van der Waals surface area contributed by atoms with Crippen molar-refractivity contribution in [3.63, 3.8) is 0 Å². The van der Waals surface area contributed by atoms with E-state index in [0.29, 0.717) is 5.95 Å². The van der Waals surface area contributed by atoms with Gasteiger partial charge >= 0.3 is 5.97 Å². The molecule has 1 aliphatic rings. The number of anilines is 1. The first-order valence-corrected chi connectivity index (χ1v) is 6.97. The first kappa shape index (κ1) is 13.1. The molecule has 18 heavy (non-hydrogen) atoms. The number of carboxylic acid groups (broad SMARTS) is 1. The Morgan fingerprint density at radius 1 is 1.44 bits per heavy atom. The van der Waals surface area contributed by atoms with Gasteiger partial charge in [0.2, 0.25) is 5.95 Å². The van der Waals surface area contributed by atoms with E-state index in [1.54, 1.807) is 11.8 Å². The lowest BCUT2D eigenvalue weighted by atomic mass is 10.2. The van der Waals surface area contributed by atoms with E-state index in [4.69, 9.17) is 5.11 Å². The molecule has 2 rings (SSSR count). The third-order valence-corrected chi connectivity index (χ3v) is 4.07. The molecule has 0 saturated carbocycles. The Morgan fingerprint density at radius 2 is 2.22 bits per heavy atom. The third-order valence-electron chi connectivity index (χ3n) is 2.98. The number of rotatable bonds is 3. The van der Waals surface area contributed by atoms with Gasteiger partial charge in [0, 0.05) is 18.1 Å². The summed E-state index contributed by atoms with van der Waals surface area (Å²) in [5.41, 5.74) is 1.65. The van der Waals surface area contributed by atoms with Crippen molar-refractivity contribution in [2.24, 2.45) is 0 Å². The zero-order chi connectivity index (χ0) is 13.1. The van der Waals surface area contributed by atoms with E-state index in [1.165, 1.54) is 0 Å². The molecule has 1 fully saturated rings. The zero-order valence-electron chi connectivity index (χ0n) is 10.5. The van der Waals surface area contributed by atoms with Gasteiger partial charge in [0.05, 0.1) is 23.9 Å². The predicted octanol–water partition coefficient (Wildman–Crippen LogP) is 0.885. The van der Waals surface area contributed by atoms with E-state index in [0.717, 1.165) is 29.4 Å². The molecule has 0 bridgehead atoms. The van der Waals surface area contributed by atoms with E-state index >= 15 is 0 Å². The summed E-state index contributed by atoms with van der Waals surface area (Å²) < 4.78 is 0. The van der Waals surface area contributed by atoms with Crippen molar-refractivity contribution in [3.8, 4) is 0 Å². The molecule has 0 amide bonds. The number of aliphatic carboxylic acids is 1. The molecule has 2 heterocycles. The standard InChI is InChI=1S/C11H16N4O2S/c1-7-8(2)13-14-11(12-7)15-3-4-18-6-9(15)5-10(16)17/h9H,3-6H2,1-2H3,(H,16,17). The van der Waals surface area contributed by atoms with E-state index in [9.17, 15) is 4.79 Å². The highest BCUT2D eigenvalue weighted by Crippen LogP contribution is 2.23. The number of carbonyl (C=O) groups is 1. The van der Waals surface area contributed by atoms with Crippen LogP contribution in [0.2, 0.25) is 0 Å². The Balaban J connectivity index is 2.22. The average molecular weight is 268 g/mol. The molecule has 1 unspecified atom stereocenters. The summed E-state index contributed by atoms with van der Waals surface area (Å²) in [6.07, 6.45) is 0.114. The smallest absolute Gasteiger partial charge is 0.305 e. The molecule has 6 nitrogen and oxygen atoms in total. The van der Waals surface area contributed by atoms with Gasteiger partial charge in [-0.25, -0.2) is 4.98 Å². The van der Waals surface area contributed by atoms with Crippen molar-refractivity contribution in [1.29, 1.82) is 0 Å². The number of aromatic nitrogens is 3. The second-order valence-electron chi connectivity index (χ2n) is 4.30. The molecule has 0 aliphatic carbocycles. The lowest BCUT2D eigenvalue weighted by Gasteiger charge is -2.34. The van der Waals surface area contributed by atoms with Gasteiger partial charge in [-0.2, -0.15) is 16.9 Å². The van der Waals surface area contributed by atoms with E-state index in [-0.39, 0.29) is 12.5 Å². The van der Waals surface area contributed by atoms with Crippen LogP contribution in [0.15, 0.2) is 0 Å². The van der Waals surface area contributed by atoms with Gasteiger partial charge in [0.15, 0.2) is 0 Å². The Kier molecular flexibility index (Phi) is 4.00. The fraction of sp³-hybridized carbons (Fsp3) is 0.636.